The average Bonchev–Trinajstić information content (AvgIpc) is 2.92. The zero-order chi connectivity index (χ0) is 13.8. The monoisotopic (exact) mass is 262 g/mol. The highest BCUT2D eigenvalue weighted by Gasteiger charge is 2.33. The Morgan fingerprint density at radius 3 is 2.63 bits per heavy atom. The minimum Gasteiger partial charge on any atom is -0.496 e. The average molecular weight is 262 g/mol. The lowest BCUT2D eigenvalue weighted by molar-refractivity contribution is -0.140. The maximum absolute atomic E-state index is 11.7. The van der Waals surface area contributed by atoms with Gasteiger partial charge in [-0.1, -0.05) is 31.9 Å². The van der Waals surface area contributed by atoms with Gasteiger partial charge in [0, 0.05) is 5.56 Å². The van der Waals surface area contributed by atoms with Crippen molar-refractivity contribution < 1.29 is 14.6 Å². The molecule has 1 aliphatic carbocycles. The van der Waals surface area contributed by atoms with Crippen LogP contribution in [0.1, 0.15) is 49.7 Å². The van der Waals surface area contributed by atoms with Crippen molar-refractivity contribution in [1.82, 2.24) is 0 Å². The number of rotatable bonds is 5. The number of carbonyl (C=O) groups is 1. The van der Waals surface area contributed by atoms with E-state index in [4.69, 9.17) is 4.74 Å². The number of hydrogen-bond donors (Lipinski definition) is 1. The van der Waals surface area contributed by atoms with E-state index in [0.717, 1.165) is 37.7 Å². The Morgan fingerprint density at radius 2 is 2.11 bits per heavy atom. The SMILES string of the molecule is CCc1ccc(OC)c(C(C(=O)O)C2CCCC2)c1. The molecule has 0 bridgehead atoms. The van der Waals surface area contributed by atoms with Crippen LogP contribution >= 0.6 is 0 Å². The van der Waals surface area contributed by atoms with E-state index >= 15 is 0 Å². The first-order valence-corrected chi connectivity index (χ1v) is 7.07. The fourth-order valence-corrected chi connectivity index (χ4v) is 3.13. The van der Waals surface area contributed by atoms with Crippen molar-refractivity contribution in [3.63, 3.8) is 0 Å². The predicted molar refractivity (Wildman–Crippen MR) is 74.7 cm³/mol. The van der Waals surface area contributed by atoms with Crippen LogP contribution in [-0.2, 0) is 11.2 Å². The van der Waals surface area contributed by atoms with Crippen LogP contribution in [0.3, 0.4) is 0 Å². The Labute approximate surface area is 114 Å². The topological polar surface area (TPSA) is 46.5 Å². The van der Waals surface area contributed by atoms with Crippen molar-refractivity contribution in [2.24, 2.45) is 5.92 Å². The van der Waals surface area contributed by atoms with E-state index in [1.165, 1.54) is 5.56 Å². The summed E-state index contributed by atoms with van der Waals surface area (Å²) in [6, 6.07) is 5.92. The summed E-state index contributed by atoms with van der Waals surface area (Å²) in [5.41, 5.74) is 2.02. The van der Waals surface area contributed by atoms with Crippen molar-refractivity contribution >= 4 is 5.97 Å². The number of carboxylic acid groups (broad SMARTS) is 1. The first-order valence-electron chi connectivity index (χ1n) is 7.07. The van der Waals surface area contributed by atoms with Crippen LogP contribution in [0.4, 0.5) is 0 Å². The molecule has 0 spiro atoms. The highest BCUT2D eigenvalue weighted by Crippen LogP contribution is 2.41. The summed E-state index contributed by atoms with van der Waals surface area (Å²) in [7, 11) is 1.61. The fraction of sp³-hybridized carbons (Fsp3) is 0.562. The molecular formula is C16H22O3. The second-order valence-electron chi connectivity index (χ2n) is 5.29. The van der Waals surface area contributed by atoms with E-state index in [2.05, 4.69) is 6.92 Å². The first-order chi connectivity index (χ1) is 9.17. The molecule has 1 atom stereocenters. The maximum atomic E-state index is 11.7. The van der Waals surface area contributed by atoms with E-state index in [0.29, 0.717) is 5.75 Å². The number of methoxy groups -OCH3 is 1. The summed E-state index contributed by atoms with van der Waals surface area (Å²) >= 11 is 0. The molecule has 0 heterocycles. The summed E-state index contributed by atoms with van der Waals surface area (Å²) in [6.45, 7) is 2.08. The summed E-state index contributed by atoms with van der Waals surface area (Å²) in [5, 5.41) is 9.62. The number of ether oxygens (including phenoxy) is 1. The molecule has 1 aliphatic rings. The largest absolute Gasteiger partial charge is 0.496 e. The third-order valence-electron chi connectivity index (χ3n) is 4.17. The van der Waals surface area contributed by atoms with Crippen LogP contribution in [0.5, 0.6) is 5.75 Å². The quantitative estimate of drug-likeness (QED) is 0.881. The first kappa shape index (κ1) is 13.9. The molecule has 1 N–H and O–H groups in total. The number of aryl methyl sites for hydroxylation is 1. The van der Waals surface area contributed by atoms with Gasteiger partial charge in [-0.2, -0.15) is 0 Å². The van der Waals surface area contributed by atoms with Crippen LogP contribution in [0.15, 0.2) is 18.2 Å². The van der Waals surface area contributed by atoms with Gasteiger partial charge in [0.2, 0.25) is 0 Å². The maximum Gasteiger partial charge on any atom is 0.311 e. The molecular weight excluding hydrogens is 240 g/mol. The summed E-state index contributed by atoms with van der Waals surface area (Å²) in [5.74, 6) is -0.197. The van der Waals surface area contributed by atoms with Gasteiger partial charge in [-0.3, -0.25) is 4.79 Å². The molecule has 0 amide bonds. The summed E-state index contributed by atoms with van der Waals surface area (Å²) < 4.78 is 5.37. The second kappa shape index (κ2) is 6.09. The standard InChI is InChI=1S/C16H22O3/c1-3-11-8-9-14(19-2)13(10-11)15(16(17)18)12-6-4-5-7-12/h8-10,12,15H,3-7H2,1-2H3,(H,17,18). The lowest BCUT2D eigenvalue weighted by Gasteiger charge is -2.22. The Kier molecular flexibility index (Phi) is 4.46. The van der Waals surface area contributed by atoms with E-state index in [1.807, 2.05) is 18.2 Å². The fourth-order valence-electron chi connectivity index (χ4n) is 3.13. The van der Waals surface area contributed by atoms with E-state index in [-0.39, 0.29) is 5.92 Å². The van der Waals surface area contributed by atoms with Crippen LogP contribution in [-0.4, -0.2) is 18.2 Å². The molecule has 1 unspecified atom stereocenters. The second-order valence-corrected chi connectivity index (χ2v) is 5.29. The Balaban J connectivity index is 2.41. The molecule has 0 aromatic heterocycles. The number of carboxylic acids is 1. The van der Waals surface area contributed by atoms with Crippen molar-refractivity contribution in [2.45, 2.75) is 44.9 Å². The van der Waals surface area contributed by atoms with Gasteiger partial charge in [-0.05, 0) is 36.8 Å². The number of aliphatic carboxylic acids is 1. The zero-order valence-electron chi connectivity index (χ0n) is 11.7. The van der Waals surface area contributed by atoms with Gasteiger partial charge < -0.3 is 9.84 Å². The number of benzene rings is 1. The lowest BCUT2D eigenvalue weighted by Crippen LogP contribution is -2.20. The van der Waals surface area contributed by atoms with Gasteiger partial charge in [-0.25, -0.2) is 0 Å². The molecule has 1 fully saturated rings. The van der Waals surface area contributed by atoms with Crippen molar-refractivity contribution in [3.05, 3.63) is 29.3 Å². The highest BCUT2D eigenvalue weighted by atomic mass is 16.5. The molecule has 2 rings (SSSR count). The molecule has 1 aromatic carbocycles. The number of hydrogen-bond acceptors (Lipinski definition) is 2. The van der Waals surface area contributed by atoms with E-state index in [1.54, 1.807) is 7.11 Å². The third-order valence-corrected chi connectivity index (χ3v) is 4.17. The van der Waals surface area contributed by atoms with Gasteiger partial charge in [0.1, 0.15) is 5.75 Å². The molecule has 3 nitrogen and oxygen atoms in total. The molecule has 104 valence electrons. The molecule has 19 heavy (non-hydrogen) atoms. The van der Waals surface area contributed by atoms with Crippen LogP contribution in [0.25, 0.3) is 0 Å². The van der Waals surface area contributed by atoms with Gasteiger partial charge >= 0.3 is 5.97 Å². The molecule has 3 heteroatoms. The van der Waals surface area contributed by atoms with Crippen molar-refractivity contribution in [2.75, 3.05) is 7.11 Å². The highest BCUT2D eigenvalue weighted by molar-refractivity contribution is 5.78. The normalized spacial score (nSPS) is 17.4. The van der Waals surface area contributed by atoms with Gasteiger partial charge in [0.25, 0.3) is 0 Å². The predicted octanol–water partition coefficient (Wildman–Crippen LogP) is 3.62. The smallest absolute Gasteiger partial charge is 0.311 e. The Morgan fingerprint density at radius 1 is 1.42 bits per heavy atom. The summed E-state index contributed by atoms with van der Waals surface area (Å²) in [4.78, 5) is 11.7. The molecule has 0 radical (unpaired) electrons. The Bertz CT molecular complexity index is 447. The van der Waals surface area contributed by atoms with E-state index in [9.17, 15) is 9.90 Å². The minimum atomic E-state index is -0.724. The molecule has 1 saturated carbocycles. The Hall–Kier alpha value is -1.51. The zero-order valence-corrected chi connectivity index (χ0v) is 11.7. The van der Waals surface area contributed by atoms with Gasteiger partial charge in [-0.15, -0.1) is 0 Å². The van der Waals surface area contributed by atoms with Gasteiger partial charge in [0.05, 0.1) is 13.0 Å². The van der Waals surface area contributed by atoms with E-state index < -0.39 is 11.9 Å². The molecule has 0 aliphatic heterocycles. The molecule has 1 aromatic rings. The van der Waals surface area contributed by atoms with Crippen molar-refractivity contribution in [3.8, 4) is 5.75 Å². The van der Waals surface area contributed by atoms with Crippen molar-refractivity contribution in [1.29, 1.82) is 0 Å². The minimum absolute atomic E-state index is 0.249. The molecule has 0 saturated heterocycles. The third kappa shape index (κ3) is 2.91. The lowest BCUT2D eigenvalue weighted by atomic mass is 9.83. The van der Waals surface area contributed by atoms with Gasteiger partial charge in [0.15, 0.2) is 0 Å². The summed E-state index contributed by atoms with van der Waals surface area (Å²) in [6.07, 6.45) is 5.22. The van der Waals surface area contributed by atoms with Crippen LogP contribution in [0.2, 0.25) is 0 Å². The van der Waals surface area contributed by atoms with Crippen LogP contribution in [0, 0.1) is 5.92 Å². The van der Waals surface area contributed by atoms with Crippen LogP contribution < -0.4 is 4.74 Å².